The molecule has 0 radical (unpaired) electrons. The standard InChI is InChI=1S/C16H18N4O2S/c21-14-10-20(8-6-17-14)9-7-18-15(22)16-19-13(11-23-16)12-4-2-1-3-5-12/h1-5,11H,6-10H2,(H,17,21)(H,18,22). The molecule has 0 bridgehead atoms. The second-order valence-corrected chi connectivity index (χ2v) is 6.14. The Labute approximate surface area is 138 Å². The van der Waals surface area contributed by atoms with Gasteiger partial charge in [0.25, 0.3) is 5.91 Å². The van der Waals surface area contributed by atoms with Crippen molar-refractivity contribution in [2.75, 3.05) is 32.7 Å². The summed E-state index contributed by atoms with van der Waals surface area (Å²) in [5, 5.41) is 7.99. The second kappa shape index (κ2) is 7.34. The zero-order chi connectivity index (χ0) is 16.1. The molecule has 0 unspecified atom stereocenters. The molecule has 2 amide bonds. The number of hydrogen-bond donors (Lipinski definition) is 2. The Balaban J connectivity index is 1.51. The van der Waals surface area contributed by atoms with E-state index in [0.29, 0.717) is 31.2 Å². The number of carbonyl (C=O) groups is 2. The van der Waals surface area contributed by atoms with Gasteiger partial charge in [-0.05, 0) is 0 Å². The molecule has 2 N–H and O–H groups in total. The minimum Gasteiger partial charge on any atom is -0.354 e. The molecule has 7 heteroatoms. The number of hydrogen-bond acceptors (Lipinski definition) is 5. The van der Waals surface area contributed by atoms with Crippen LogP contribution in [0.3, 0.4) is 0 Å². The second-order valence-electron chi connectivity index (χ2n) is 5.29. The Kier molecular flexibility index (Phi) is 4.99. The first-order chi connectivity index (χ1) is 11.2. The van der Waals surface area contributed by atoms with Gasteiger partial charge < -0.3 is 10.6 Å². The normalized spacial score (nSPS) is 15.2. The van der Waals surface area contributed by atoms with Crippen LogP contribution in [0.5, 0.6) is 0 Å². The van der Waals surface area contributed by atoms with E-state index < -0.39 is 0 Å². The number of rotatable bonds is 5. The molecule has 23 heavy (non-hydrogen) atoms. The smallest absolute Gasteiger partial charge is 0.280 e. The molecular formula is C16H18N4O2S. The van der Waals surface area contributed by atoms with Gasteiger partial charge in [0, 0.05) is 37.1 Å². The summed E-state index contributed by atoms with van der Waals surface area (Å²) in [5.41, 5.74) is 1.82. The van der Waals surface area contributed by atoms with E-state index in [1.807, 2.05) is 40.6 Å². The van der Waals surface area contributed by atoms with Crippen molar-refractivity contribution in [1.82, 2.24) is 20.5 Å². The van der Waals surface area contributed by atoms with Gasteiger partial charge in [0.15, 0.2) is 5.01 Å². The third-order valence-electron chi connectivity index (χ3n) is 3.60. The lowest BCUT2D eigenvalue weighted by atomic mass is 10.2. The van der Waals surface area contributed by atoms with Crippen LogP contribution >= 0.6 is 11.3 Å². The summed E-state index contributed by atoms with van der Waals surface area (Å²) in [4.78, 5) is 29.8. The number of benzene rings is 1. The summed E-state index contributed by atoms with van der Waals surface area (Å²) in [5.74, 6) is -0.131. The SMILES string of the molecule is O=C1CN(CCNC(=O)c2nc(-c3ccccc3)cs2)CCN1. The van der Waals surface area contributed by atoms with E-state index in [1.165, 1.54) is 11.3 Å². The minimum absolute atomic E-state index is 0.0370. The van der Waals surface area contributed by atoms with Crippen LogP contribution in [0.1, 0.15) is 9.80 Å². The van der Waals surface area contributed by atoms with Crippen molar-refractivity contribution >= 4 is 23.2 Å². The number of aromatic nitrogens is 1. The van der Waals surface area contributed by atoms with E-state index in [4.69, 9.17) is 0 Å². The van der Waals surface area contributed by atoms with Crippen molar-refractivity contribution in [2.45, 2.75) is 0 Å². The van der Waals surface area contributed by atoms with E-state index in [1.54, 1.807) is 0 Å². The van der Waals surface area contributed by atoms with E-state index in [-0.39, 0.29) is 11.8 Å². The van der Waals surface area contributed by atoms with Gasteiger partial charge in [0.1, 0.15) is 0 Å². The maximum absolute atomic E-state index is 12.1. The van der Waals surface area contributed by atoms with Crippen LogP contribution in [0.25, 0.3) is 11.3 Å². The predicted molar refractivity (Wildman–Crippen MR) is 89.3 cm³/mol. The van der Waals surface area contributed by atoms with Crippen LogP contribution < -0.4 is 10.6 Å². The van der Waals surface area contributed by atoms with Crippen molar-refractivity contribution in [3.63, 3.8) is 0 Å². The molecule has 1 aliphatic heterocycles. The monoisotopic (exact) mass is 330 g/mol. The maximum atomic E-state index is 12.1. The highest BCUT2D eigenvalue weighted by Gasteiger charge is 2.16. The molecule has 120 valence electrons. The Morgan fingerprint density at radius 3 is 2.96 bits per heavy atom. The molecule has 0 aliphatic carbocycles. The maximum Gasteiger partial charge on any atom is 0.280 e. The van der Waals surface area contributed by atoms with Crippen LogP contribution in [-0.2, 0) is 4.79 Å². The molecule has 1 aromatic carbocycles. The Hall–Kier alpha value is -2.25. The quantitative estimate of drug-likeness (QED) is 0.857. The molecule has 1 fully saturated rings. The molecule has 2 aromatic rings. The van der Waals surface area contributed by atoms with Crippen LogP contribution in [0.4, 0.5) is 0 Å². The lowest BCUT2D eigenvalue weighted by Crippen LogP contribution is -2.49. The van der Waals surface area contributed by atoms with Crippen LogP contribution in [0, 0.1) is 0 Å². The molecule has 6 nitrogen and oxygen atoms in total. The Bertz CT molecular complexity index is 686. The Morgan fingerprint density at radius 2 is 2.17 bits per heavy atom. The number of nitrogens with zero attached hydrogens (tertiary/aromatic N) is 2. The minimum atomic E-state index is -0.168. The summed E-state index contributed by atoms with van der Waals surface area (Å²) < 4.78 is 0. The summed E-state index contributed by atoms with van der Waals surface area (Å²) in [6.45, 7) is 3.05. The number of thiazole rings is 1. The zero-order valence-electron chi connectivity index (χ0n) is 12.6. The largest absolute Gasteiger partial charge is 0.354 e. The first-order valence-electron chi connectivity index (χ1n) is 7.50. The molecule has 1 aromatic heterocycles. The van der Waals surface area contributed by atoms with Crippen molar-refractivity contribution in [3.8, 4) is 11.3 Å². The van der Waals surface area contributed by atoms with Crippen LogP contribution in [0.2, 0.25) is 0 Å². The predicted octanol–water partition coefficient (Wildman–Crippen LogP) is 0.972. The summed E-state index contributed by atoms with van der Waals surface area (Å²) in [6.07, 6.45) is 0. The lowest BCUT2D eigenvalue weighted by molar-refractivity contribution is -0.124. The van der Waals surface area contributed by atoms with Gasteiger partial charge in [0.2, 0.25) is 5.91 Å². The first-order valence-corrected chi connectivity index (χ1v) is 8.38. The van der Waals surface area contributed by atoms with Crippen molar-refractivity contribution in [2.24, 2.45) is 0 Å². The van der Waals surface area contributed by atoms with Gasteiger partial charge in [-0.15, -0.1) is 11.3 Å². The van der Waals surface area contributed by atoms with Crippen LogP contribution in [-0.4, -0.2) is 54.4 Å². The zero-order valence-corrected chi connectivity index (χ0v) is 13.4. The highest BCUT2D eigenvalue weighted by atomic mass is 32.1. The molecule has 1 saturated heterocycles. The van der Waals surface area contributed by atoms with E-state index in [0.717, 1.165) is 17.8 Å². The molecule has 1 aliphatic rings. The summed E-state index contributed by atoms with van der Waals surface area (Å²) >= 11 is 1.34. The average Bonchev–Trinajstić information content (AvgIpc) is 3.06. The number of carbonyl (C=O) groups excluding carboxylic acids is 2. The fourth-order valence-corrected chi connectivity index (χ4v) is 3.15. The molecule has 0 spiro atoms. The third kappa shape index (κ3) is 4.14. The highest BCUT2D eigenvalue weighted by molar-refractivity contribution is 7.12. The number of nitrogens with one attached hydrogen (secondary N) is 2. The van der Waals surface area contributed by atoms with E-state index >= 15 is 0 Å². The Morgan fingerprint density at radius 1 is 1.35 bits per heavy atom. The van der Waals surface area contributed by atoms with Gasteiger partial charge in [-0.1, -0.05) is 30.3 Å². The van der Waals surface area contributed by atoms with Crippen molar-refractivity contribution < 1.29 is 9.59 Å². The van der Waals surface area contributed by atoms with Crippen molar-refractivity contribution in [1.29, 1.82) is 0 Å². The highest BCUT2D eigenvalue weighted by Crippen LogP contribution is 2.21. The number of piperazine rings is 1. The van der Waals surface area contributed by atoms with E-state index in [9.17, 15) is 9.59 Å². The fourth-order valence-electron chi connectivity index (χ4n) is 2.41. The number of amides is 2. The average molecular weight is 330 g/mol. The van der Waals surface area contributed by atoms with Gasteiger partial charge in [-0.2, -0.15) is 0 Å². The van der Waals surface area contributed by atoms with Gasteiger partial charge in [0.05, 0.1) is 12.2 Å². The van der Waals surface area contributed by atoms with Crippen LogP contribution in [0.15, 0.2) is 35.7 Å². The summed E-state index contributed by atoms with van der Waals surface area (Å²) in [7, 11) is 0. The van der Waals surface area contributed by atoms with Gasteiger partial charge in [-0.3, -0.25) is 14.5 Å². The topological polar surface area (TPSA) is 74.3 Å². The molecule has 2 heterocycles. The van der Waals surface area contributed by atoms with Gasteiger partial charge >= 0.3 is 0 Å². The lowest BCUT2D eigenvalue weighted by Gasteiger charge is -2.26. The fraction of sp³-hybridized carbons (Fsp3) is 0.312. The molecule has 3 rings (SSSR count). The molecule has 0 saturated carbocycles. The summed E-state index contributed by atoms with van der Waals surface area (Å²) in [6, 6.07) is 9.78. The first kappa shape index (κ1) is 15.6. The van der Waals surface area contributed by atoms with Gasteiger partial charge in [-0.25, -0.2) is 4.98 Å². The molecule has 0 atom stereocenters. The third-order valence-corrected chi connectivity index (χ3v) is 4.44. The van der Waals surface area contributed by atoms with Crippen molar-refractivity contribution in [3.05, 3.63) is 40.7 Å². The van der Waals surface area contributed by atoms with E-state index in [2.05, 4.69) is 15.6 Å². The molecular weight excluding hydrogens is 312 g/mol.